The normalized spacial score (nSPS) is 13.0. The molecule has 0 N–H and O–H groups in total. The van der Waals surface area contributed by atoms with Crippen LogP contribution in [0.3, 0.4) is 0 Å². The van der Waals surface area contributed by atoms with E-state index in [0.29, 0.717) is 5.92 Å². The van der Waals surface area contributed by atoms with Crippen molar-refractivity contribution in [2.24, 2.45) is 9.12 Å². The van der Waals surface area contributed by atoms with Gasteiger partial charge in [-0.2, -0.15) is 0 Å². The lowest BCUT2D eigenvalue weighted by atomic mass is 10.1. The molecule has 0 aliphatic rings. The van der Waals surface area contributed by atoms with E-state index in [2.05, 4.69) is 17.1 Å². The van der Waals surface area contributed by atoms with E-state index in [9.17, 15) is 0 Å². The summed E-state index contributed by atoms with van der Waals surface area (Å²) in [5.41, 5.74) is 1.21. The maximum Gasteiger partial charge on any atom is 0.0830 e. The van der Waals surface area contributed by atoms with Crippen molar-refractivity contribution < 1.29 is 0 Å². The van der Waals surface area contributed by atoms with Crippen LogP contribution in [0.1, 0.15) is 20.8 Å². The maximum absolute atomic E-state index is 3.97. The zero-order chi connectivity index (χ0) is 5.86. The summed E-state index contributed by atoms with van der Waals surface area (Å²) >= 11 is 2.02. The molecule has 42 valence electrons. The molecule has 7 heavy (non-hydrogen) atoms. The number of rotatable bonds is 1. The van der Waals surface area contributed by atoms with Crippen LogP contribution in [0.25, 0.3) is 0 Å². The predicted octanol–water partition coefficient (Wildman–Crippen LogP) is 2.45. The van der Waals surface area contributed by atoms with Crippen LogP contribution in [0.15, 0.2) is 3.21 Å². The highest BCUT2D eigenvalue weighted by molar-refractivity contribution is 14.1. The zero-order valence-electron chi connectivity index (χ0n) is 4.90. The lowest BCUT2D eigenvalue weighted by molar-refractivity contribution is 0.884. The summed E-state index contributed by atoms with van der Waals surface area (Å²) in [5.74, 6) is 0.608. The van der Waals surface area contributed by atoms with Gasteiger partial charge in [-0.15, -0.1) is 0 Å². The van der Waals surface area contributed by atoms with E-state index in [1.807, 2.05) is 29.8 Å². The molecule has 0 atom stereocenters. The molecule has 1 nitrogen and oxygen atoms in total. The van der Waals surface area contributed by atoms with Crippen LogP contribution in [-0.2, 0) is 0 Å². The minimum absolute atomic E-state index is 0.608. The summed E-state index contributed by atoms with van der Waals surface area (Å²) in [6.07, 6.45) is 0. The molecule has 2 heteroatoms. The Morgan fingerprint density at radius 1 is 1.57 bits per heavy atom. The second-order valence-electron chi connectivity index (χ2n) is 1.88. The van der Waals surface area contributed by atoms with Gasteiger partial charge in [0, 0.05) is 5.71 Å². The van der Waals surface area contributed by atoms with Crippen molar-refractivity contribution in [1.82, 2.24) is 0 Å². The standard InChI is InChI=1S/C5H10IN/c1-4(2)5(3)7-6/h4H,1-3H3. The Morgan fingerprint density at radius 2 is 2.00 bits per heavy atom. The van der Waals surface area contributed by atoms with E-state index in [4.69, 9.17) is 0 Å². The average Bonchev–Trinajstić information content (AvgIpc) is 1.65. The predicted molar refractivity (Wildman–Crippen MR) is 42.0 cm³/mol. The molecule has 0 saturated carbocycles. The molecular formula is C5H10IN. The molecule has 0 saturated heterocycles. The van der Waals surface area contributed by atoms with Crippen LogP contribution in [0.5, 0.6) is 0 Å². The first-order valence-electron chi connectivity index (χ1n) is 2.34. The topological polar surface area (TPSA) is 12.4 Å². The SMILES string of the molecule is CC(=NI)C(C)C. The molecular weight excluding hydrogens is 201 g/mol. The van der Waals surface area contributed by atoms with E-state index in [1.54, 1.807) is 0 Å². The Morgan fingerprint density at radius 3 is 2.00 bits per heavy atom. The van der Waals surface area contributed by atoms with Crippen LogP contribution in [-0.4, -0.2) is 5.71 Å². The van der Waals surface area contributed by atoms with Crippen LogP contribution in [0.2, 0.25) is 0 Å². The Labute approximate surface area is 58.7 Å². The molecule has 0 aromatic rings. The fraction of sp³-hybridized carbons (Fsp3) is 0.800. The van der Waals surface area contributed by atoms with Gasteiger partial charge < -0.3 is 0 Å². The highest BCUT2D eigenvalue weighted by atomic mass is 127. The van der Waals surface area contributed by atoms with Gasteiger partial charge in [-0.1, -0.05) is 13.8 Å². The van der Waals surface area contributed by atoms with E-state index < -0.39 is 0 Å². The minimum atomic E-state index is 0.608. The summed E-state index contributed by atoms with van der Waals surface area (Å²) < 4.78 is 3.97. The highest BCUT2D eigenvalue weighted by Crippen LogP contribution is 1.98. The lowest BCUT2D eigenvalue weighted by Crippen LogP contribution is -1.98. The Kier molecular flexibility index (Phi) is 3.60. The molecule has 0 fully saturated rings. The molecule has 0 heterocycles. The van der Waals surface area contributed by atoms with Gasteiger partial charge >= 0.3 is 0 Å². The van der Waals surface area contributed by atoms with Gasteiger partial charge in [-0.3, -0.25) is 0 Å². The second kappa shape index (κ2) is 3.41. The largest absolute Gasteiger partial charge is 0.224 e. The van der Waals surface area contributed by atoms with Gasteiger partial charge in [-0.05, 0) is 12.8 Å². The first kappa shape index (κ1) is 7.40. The summed E-state index contributed by atoms with van der Waals surface area (Å²) in [5, 5.41) is 0. The Bertz CT molecular complexity index is 76.1. The molecule has 0 aliphatic carbocycles. The lowest BCUT2D eigenvalue weighted by Gasteiger charge is -1.97. The first-order chi connectivity index (χ1) is 3.18. The van der Waals surface area contributed by atoms with Crippen molar-refractivity contribution in [3.05, 3.63) is 0 Å². The van der Waals surface area contributed by atoms with Crippen LogP contribution >= 0.6 is 22.9 Å². The summed E-state index contributed by atoms with van der Waals surface area (Å²) in [4.78, 5) is 0. The average molecular weight is 211 g/mol. The van der Waals surface area contributed by atoms with Crippen molar-refractivity contribution in [3.8, 4) is 0 Å². The molecule has 0 amide bonds. The Balaban J connectivity index is 3.56. The van der Waals surface area contributed by atoms with Gasteiger partial charge in [0.1, 0.15) is 0 Å². The van der Waals surface area contributed by atoms with Crippen LogP contribution in [0.4, 0.5) is 0 Å². The van der Waals surface area contributed by atoms with Crippen LogP contribution in [0, 0.1) is 5.92 Å². The summed E-state index contributed by atoms with van der Waals surface area (Å²) in [6, 6.07) is 0. The molecule has 0 unspecified atom stereocenters. The van der Waals surface area contributed by atoms with Gasteiger partial charge in [0.25, 0.3) is 0 Å². The quantitative estimate of drug-likeness (QED) is 0.466. The third kappa shape index (κ3) is 3.02. The third-order valence-corrected chi connectivity index (χ3v) is 1.73. The van der Waals surface area contributed by atoms with Gasteiger partial charge in [0.15, 0.2) is 0 Å². The fourth-order valence-electron chi connectivity index (χ4n) is 0.0976. The van der Waals surface area contributed by atoms with E-state index in [-0.39, 0.29) is 0 Å². The van der Waals surface area contributed by atoms with Crippen molar-refractivity contribution in [3.63, 3.8) is 0 Å². The molecule has 0 aliphatic heterocycles. The smallest absolute Gasteiger partial charge is 0.0830 e. The van der Waals surface area contributed by atoms with Gasteiger partial charge in [-0.25, -0.2) is 3.21 Å². The highest BCUT2D eigenvalue weighted by Gasteiger charge is 1.93. The van der Waals surface area contributed by atoms with Crippen LogP contribution < -0.4 is 0 Å². The molecule has 0 radical (unpaired) electrons. The van der Waals surface area contributed by atoms with Crippen molar-refractivity contribution >= 4 is 28.6 Å². The minimum Gasteiger partial charge on any atom is -0.224 e. The maximum atomic E-state index is 3.97. The van der Waals surface area contributed by atoms with Gasteiger partial charge in [0.05, 0.1) is 22.9 Å². The molecule has 0 spiro atoms. The molecule has 0 aromatic heterocycles. The second-order valence-corrected chi connectivity index (χ2v) is 2.36. The molecule has 0 bridgehead atoms. The monoisotopic (exact) mass is 211 g/mol. The molecule has 0 aromatic carbocycles. The number of hydrogen-bond acceptors (Lipinski definition) is 1. The number of hydrogen-bond donors (Lipinski definition) is 0. The molecule has 0 rings (SSSR count). The van der Waals surface area contributed by atoms with Crippen molar-refractivity contribution in [2.75, 3.05) is 0 Å². The fourth-order valence-corrected chi connectivity index (χ4v) is 0.655. The summed E-state index contributed by atoms with van der Waals surface area (Å²) in [7, 11) is 0. The number of halogens is 1. The van der Waals surface area contributed by atoms with E-state index >= 15 is 0 Å². The summed E-state index contributed by atoms with van der Waals surface area (Å²) in [6.45, 7) is 6.31. The Hall–Kier alpha value is 0.400. The van der Waals surface area contributed by atoms with Crippen molar-refractivity contribution in [1.29, 1.82) is 0 Å². The number of nitrogens with zero attached hydrogens (tertiary/aromatic N) is 1. The van der Waals surface area contributed by atoms with Gasteiger partial charge in [0.2, 0.25) is 0 Å². The van der Waals surface area contributed by atoms with Crippen molar-refractivity contribution in [2.45, 2.75) is 20.8 Å². The third-order valence-electron chi connectivity index (χ3n) is 0.969. The van der Waals surface area contributed by atoms with E-state index in [1.165, 1.54) is 5.71 Å². The first-order valence-corrected chi connectivity index (χ1v) is 3.30. The zero-order valence-corrected chi connectivity index (χ0v) is 7.06. The van der Waals surface area contributed by atoms with E-state index in [0.717, 1.165) is 0 Å².